The Morgan fingerprint density at radius 3 is 2.90 bits per heavy atom. The minimum atomic E-state index is -3.60. The second-order valence-corrected chi connectivity index (χ2v) is 6.71. The van der Waals surface area contributed by atoms with Gasteiger partial charge < -0.3 is 10.1 Å². The Balaban J connectivity index is 2.05. The van der Waals surface area contributed by atoms with Gasteiger partial charge in [-0.05, 0) is 19.3 Å². The number of aromatic amines is 1. The Morgan fingerprint density at radius 1 is 1.55 bits per heavy atom. The minimum Gasteiger partial charge on any atom is -0.383 e. The molecule has 1 aliphatic carbocycles. The molecular weight excluding hydrogens is 280 g/mol. The van der Waals surface area contributed by atoms with Crippen LogP contribution >= 0.6 is 0 Å². The van der Waals surface area contributed by atoms with Crippen molar-refractivity contribution >= 4 is 10.0 Å². The summed E-state index contributed by atoms with van der Waals surface area (Å²) in [5, 5.41) is 9.86. The average molecular weight is 302 g/mol. The van der Waals surface area contributed by atoms with Crippen molar-refractivity contribution < 1.29 is 13.2 Å². The highest BCUT2D eigenvalue weighted by molar-refractivity contribution is 7.89. The molecule has 20 heavy (non-hydrogen) atoms. The maximum atomic E-state index is 12.4. The molecule has 1 aromatic heterocycles. The van der Waals surface area contributed by atoms with Crippen LogP contribution in [0.15, 0.2) is 11.2 Å². The lowest BCUT2D eigenvalue weighted by Gasteiger charge is -2.16. The van der Waals surface area contributed by atoms with E-state index in [9.17, 15) is 8.42 Å². The molecular formula is C12H22N4O3S. The Bertz CT molecular complexity index is 525. The van der Waals surface area contributed by atoms with Crippen molar-refractivity contribution in [1.82, 2.24) is 20.2 Å². The van der Waals surface area contributed by atoms with Gasteiger partial charge in [0, 0.05) is 31.3 Å². The highest BCUT2D eigenvalue weighted by Crippen LogP contribution is 2.20. The van der Waals surface area contributed by atoms with Crippen LogP contribution in [0, 0.1) is 0 Å². The molecule has 3 N–H and O–H groups in total. The molecule has 1 unspecified atom stereocenters. The predicted molar refractivity (Wildman–Crippen MR) is 74.7 cm³/mol. The fourth-order valence-electron chi connectivity index (χ4n) is 1.91. The van der Waals surface area contributed by atoms with Crippen molar-refractivity contribution in [3.63, 3.8) is 0 Å². The van der Waals surface area contributed by atoms with E-state index in [1.54, 1.807) is 13.3 Å². The largest absolute Gasteiger partial charge is 0.383 e. The summed E-state index contributed by atoms with van der Waals surface area (Å²) in [6.07, 6.45) is 4.53. The van der Waals surface area contributed by atoms with Crippen molar-refractivity contribution in [3.8, 4) is 0 Å². The second kappa shape index (κ2) is 6.66. The quantitative estimate of drug-likeness (QED) is 0.612. The Morgan fingerprint density at radius 2 is 2.30 bits per heavy atom. The number of hydrogen-bond acceptors (Lipinski definition) is 5. The number of ether oxygens (including phenoxy) is 1. The molecule has 0 aromatic carbocycles. The highest BCUT2D eigenvalue weighted by atomic mass is 32.2. The van der Waals surface area contributed by atoms with Crippen molar-refractivity contribution in [2.75, 3.05) is 13.7 Å². The molecule has 2 rings (SSSR count). The lowest BCUT2D eigenvalue weighted by molar-refractivity contribution is 0.173. The van der Waals surface area contributed by atoms with Gasteiger partial charge in [-0.15, -0.1) is 0 Å². The van der Waals surface area contributed by atoms with E-state index in [2.05, 4.69) is 20.2 Å². The zero-order valence-electron chi connectivity index (χ0n) is 11.8. The normalized spacial score (nSPS) is 17.3. The molecule has 0 aliphatic heterocycles. The van der Waals surface area contributed by atoms with E-state index in [1.165, 1.54) is 0 Å². The lowest BCUT2D eigenvalue weighted by Crippen LogP contribution is -2.38. The van der Waals surface area contributed by atoms with Gasteiger partial charge in [0.25, 0.3) is 10.0 Å². The van der Waals surface area contributed by atoms with Gasteiger partial charge in [0.2, 0.25) is 0 Å². The van der Waals surface area contributed by atoms with E-state index in [0.29, 0.717) is 31.2 Å². The van der Waals surface area contributed by atoms with E-state index in [4.69, 9.17) is 4.74 Å². The molecule has 0 saturated heterocycles. The number of H-pyrrole nitrogens is 1. The maximum Gasteiger partial charge on any atom is 0.258 e. The fraction of sp³-hybridized carbons (Fsp3) is 0.750. The van der Waals surface area contributed by atoms with Gasteiger partial charge >= 0.3 is 0 Å². The van der Waals surface area contributed by atoms with Crippen molar-refractivity contribution in [1.29, 1.82) is 0 Å². The smallest absolute Gasteiger partial charge is 0.258 e. The van der Waals surface area contributed by atoms with Crippen molar-refractivity contribution in [3.05, 3.63) is 11.8 Å². The minimum absolute atomic E-state index is 0.139. The average Bonchev–Trinajstić information content (AvgIpc) is 3.11. The summed E-state index contributed by atoms with van der Waals surface area (Å²) in [4.78, 5) is 0. The first-order valence-electron chi connectivity index (χ1n) is 6.83. The Labute approximate surface area is 119 Å². The van der Waals surface area contributed by atoms with Gasteiger partial charge in [-0.2, -0.15) is 5.10 Å². The van der Waals surface area contributed by atoms with Crippen LogP contribution in [-0.2, 0) is 21.3 Å². The zero-order valence-corrected chi connectivity index (χ0v) is 12.7. The topological polar surface area (TPSA) is 96.1 Å². The molecule has 7 nitrogen and oxygen atoms in total. The van der Waals surface area contributed by atoms with Crippen molar-refractivity contribution in [2.45, 2.75) is 49.8 Å². The molecule has 1 saturated carbocycles. The van der Waals surface area contributed by atoms with Gasteiger partial charge in [-0.3, -0.25) is 5.10 Å². The van der Waals surface area contributed by atoms with E-state index in [0.717, 1.165) is 12.8 Å². The van der Waals surface area contributed by atoms with Crippen LogP contribution in [0.5, 0.6) is 0 Å². The summed E-state index contributed by atoms with van der Waals surface area (Å²) < 4.78 is 32.4. The molecule has 1 aromatic rings. The molecule has 0 amide bonds. The van der Waals surface area contributed by atoms with E-state index >= 15 is 0 Å². The molecule has 1 heterocycles. The molecule has 1 atom stereocenters. The van der Waals surface area contributed by atoms with Crippen molar-refractivity contribution in [2.24, 2.45) is 0 Å². The van der Waals surface area contributed by atoms with Gasteiger partial charge in [-0.1, -0.05) is 6.92 Å². The summed E-state index contributed by atoms with van der Waals surface area (Å²) >= 11 is 0. The SMILES string of the molecule is CCC(COC)NS(=O)(=O)c1[nH]ncc1CNC1CC1. The van der Waals surface area contributed by atoms with Gasteiger partial charge in [0.05, 0.1) is 12.8 Å². The summed E-state index contributed by atoms with van der Waals surface area (Å²) in [6.45, 7) is 2.77. The van der Waals surface area contributed by atoms with E-state index < -0.39 is 10.0 Å². The molecule has 0 radical (unpaired) electrons. The number of aromatic nitrogens is 2. The van der Waals surface area contributed by atoms with Crippen LogP contribution < -0.4 is 10.0 Å². The van der Waals surface area contributed by atoms with Gasteiger partial charge in [0.15, 0.2) is 5.03 Å². The van der Waals surface area contributed by atoms with Crippen LogP contribution in [0.2, 0.25) is 0 Å². The second-order valence-electron chi connectivity index (χ2n) is 5.06. The molecule has 0 bridgehead atoms. The number of nitrogens with zero attached hydrogens (tertiary/aromatic N) is 1. The summed E-state index contributed by atoms with van der Waals surface area (Å²) in [5.41, 5.74) is 0.664. The van der Waals surface area contributed by atoms with Gasteiger partial charge in [-0.25, -0.2) is 13.1 Å². The maximum absolute atomic E-state index is 12.4. The number of sulfonamides is 1. The number of rotatable bonds is 9. The molecule has 8 heteroatoms. The molecule has 114 valence electrons. The first-order valence-corrected chi connectivity index (χ1v) is 8.32. The summed E-state index contributed by atoms with van der Waals surface area (Å²) in [5.74, 6) is 0. The number of nitrogens with one attached hydrogen (secondary N) is 3. The molecule has 1 aliphatic rings. The highest BCUT2D eigenvalue weighted by Gasteiger charge is 2.26. The fourth-order valence-corrected chi connectivity index (χ4v) is 3.35. The van der Waals surface area contributed by atoms with Gasteiger partial charge in [0.1, 0.15) is 0 Å². The van der Waals surface area contributed by atoms with Crippen LogP contribution in [-0.4, -0.2) is 44.4 Å². The molecule has 0 spiro atoms. The number of hydrogen-bond donors (Lipinski definition) is 3. The van der Waals surface area contributed by atoms with Crippen LogP contribution in [0.4, 0.5) is 0 Å². The third kappa shape index (κ3) is 4.02. The van der Waals surface area contributed by atoms with Crippen LogP contribution in [0.25, 0.3) is 0 Å². The van der Waals surface area contributed by atoms with Crippen LogP contribution in [0.1, 0.15) is 31.7 Å². The Hall–Kier alpha value is -0.960. The lowest BCUT2D eigenvalue weighted by atomic mass is 10.3. The zero-order chi connectivity index (χ0) is 14.6. The number of methoxy groups -OCH3 is 1. The van der Waals surface area contributed by atoms with E-state index in [1.807, 2.05) is 6.92 Å². The monoisotopic (exact) mass is 302 g/mol. The third-order valence-electron chi connectivity index (χ3n) is 3.29. The summed E-state index contributed by atoms with van der Waals surface area (Å²) in [6, 6.07) is 0.280. The van der Waals surface area contributed by atoms with Crippen LogP contribution in [0.3, 0.4) is 0 Å². The first-order chi connectivity index (χ1) is 9.56. The standard InChI is InChI=1S/C12H22N4O3S/c1-3-10(8-19-2)16-20(17,18)12-9(7-14-15-12)6-13-11-4-5-11/h7,10-11,13,16H,3-6,8H2,1-2H3,(H,14,15). The molecule has 1 fully saturated rings. The first kappa shape index (κ1) is 15.4. The third-order valence-corrected chi connectivity index (χ3v) is 4.82. The predicted octanol–water partition coefficient (Wildman–Crippen LogP) is 0.365. The Kier molecular flexibility index (Phi) is 5.14. The van der Waals surface area contributed by atoms with E-state index in [-0.39, 0.29) is 11.1 Å². The summed E-state index contributed by atoms with van der Waals surface area (Å²) in [7, 11) is -2.04.